The van der Waals surface area contributed by atoms with Gasteiger partial charge in [-0.05, 0) is 42.3 Å². The summed E-state index contributed by atoms with van der Waals surface area (Å²) in [4.78, 5) is 0. The summed E-state index contributed by atoms with van der Waals surface area (Å²) in [5.74, 6) is 0.882. The minimum Gasteiger partial charge on any atom is -0.485 e. The molecule has 0 spiro atoms. The molecule has 3 aromatic carbocycles. The molecule has 25 heavy (non-hydrogen) atoms. The van der Waals surface area contributed by atoms with Crippen LogP contribution in [0.3, 0.4) is 0 Å². The summed E-state index contributed by atoms with van der Waals surface area (Å²) in [7, 11) is 0. The zero-order valence-corrected chi connectivity index (χ0v) is 14.1. The summed E-state index contributed by atoms with van der Waals surface area (Å²) in [6.45, 7) is 2.08. The third-order valence-electron chi connectivity index (χ3n) is 4.36. The van der Waals surface area contributed by atoms with E-state index in [1.54, 1.807) is 0 Å². The highest BCUT2D eigenvalue weighted by atomic mass is 16.5. The molecule has 3 heteroatoms. The molecule has 1 aliphatic rings. The van der Waals surface area contributed by atoms with E-state index in [-0.39, 0.29) is 6.10 Å². The largest absolute Gasteiger partial charge is 0.485 e. The first-order chi connectivity index (χ1) is 12.3. The smallest absolute Gasteiger partial charge is 0.129 e. The zero-order valence-electron chi connectivity index (χ0n) is 14.1. The SMILES string of the molecule is Cc1cccc(NN=C2C[C@@H](c3ccccc3)Oc3ccccc32)c1. The molecule has 0 amide bonds. The maximum atomic E-state index is 6.21. The van der Waals surface area contributed by atoms with Crippen molar-refractivity contribution in [2.24, 2.45) is 5.10 Å². The number of para-hydroxylation sites is 1. The lowest BCUT2D eigenvalue weighted by molar-refractivity contribution is 0.206. The van der Waals surface area contributed by atoms with Crippen molar-refractivity contribution in [3.63, 3.8) is 0 Å². The zero-order chi connectivity index (χ0) is 17.1. The van der Waals surface area contributed by atoms with Crippen molar-refractivity contribution in [1.29, 1.82) is 0 Å². The van der Waals surface area contributed by atoms with Crippen LogP contribution in [-0.4, -0.2) is 5.71 Å². The van der Waals surface area contributed by atoms with Gasteiger partial charge in [-0.3, -0.25) is 5.43 Å². The summed E-state index contributed by atoms with van der Waals surface area (Å²) in [6, 6.07) is 26.6. The van der Waals surface area contributed by atoms with Crippen LogP contribution in [0.2, 0.25) is 0 Å². The summed E-state index contributed by atoms with van der Waals surface area (Å²) < 4.78 is 6.21. The van der Waals surface area contributed by atoms with Gasteiger partial charge in [0.15, 0.2) is 0 Å². The first kappa shape index (κ1) is 15.5. The average Bonchev–Trinajstić information content (AvgIpc) is 2.66. The number of ether oxygens (including phenoxy) is 1. The van der Waals surface area contributed by atoms with E-state index in [0.29, 0.717) is 0 Å². The molecule has 0 aliphatic carbocycles. The van der Waals surface area contributed by atoms with E-state index in [0.717, 1.165) is 29.1 Å². The number of aryl methyl sites for hydroxylation is 1. The first-order valence-electron chi connectivity index (χ1n) is 8.50. The van der Waals surface area contributed by atoms with Crippen molar-refractivity contribution in [3.05, 3.63) is 95.6 Å². The first-order valence-corrected chi connectivity index (χ1v) is 8.50. The van der Waals surface area contributed by atoms with Crippen LogP contribution in [0.1, 0.15) is 29.2 Å². The minimum absolute atomic E-state index is 0.0193. The Morgan fingerprint density at radius 1 is 0.920 bits per heavy atom. The average molecular weight is 328 g/mol. The second kappa shape index (κ2) is 6.81. The van der Waals surface area contributed by atoms with Crippen LogP contribution in [-0.2, 0) is 0 Å². The van der Waals surface area contributed by atoms with E-state index >= 15 is 0 Å². The number of benzene rings is 3. The van der Waals surface area contributed by atoms with E-state index in [1.165, 1.54) is 11.1 Å². The third-order valence-corrected chi connectivity index (χ3v) is 4.36. The van der Waals surface area contributed by atoms with Crippen molar-refractivity contribution < 1.29 is 4.74 Å². The van der Waals surface area contributed by atoms with Gasteiger partial charge in [-0.15, -0.1) is 0 Å². The molecule has 0 saturated heterocycles. The van der Waals surface area contributed by atoms with Crippen molar-refractivity contribution >= 4 is 11.4 Å². The van der Waals surface area contributed by atoms with Gasteiger partial charge in [0.2, 0.25) is 0 Å². The molecular weight excluding hydrogens is 308 g/mol. The Morgan fingerprint density at radius 2 is 1.72 bits per heavy atom. The maximum absolute atomic E-state index is 6.21. The van der Waals surface area contributed by atoms with Gasteiger partial charge in [0.1, 0.15) is 11.9 Å². The summed E-state index contributed by atoms with van der Waals surface area (Å²) in [6.07, 6.45) is 0.717. The van der Waals surface area contributed by atoms with Crippen molar-refractivity contribution in [2.75, 3.05) is 5.43 Å². The molecule has 1 atom stereocenters. The quantitative estimate of drug-likeness (QED) is 0.659. The van der Waals surface area contributed by atoms with Crippen LogP contribution in [0.25, 0.3) is 0 Å². The van der Waals surface area contributed by atoms with Crippen LogP contribution >= 0.6 is 0 Å². The van der Waals surface area contributed by atoms with Gasteiger partial charge in [0, 0.05) is 12.0 Å². The number of hydrazone groups is 1. The van der Waals surface area contributed by atoms with Gasteiger partial charge in [0.25, 0.3) is 0 Å². The fraction of sp³-hybridized carbons (Fsp3) is 0.136. The van der Waals surface area contributed by atoms with Gasteiger partial charge in [-0.25, -0.2) is 0 Å². The normalized spacial score (nSPS) is 17.6. The van der Waals surface area contributed by atoms with Crippen molar-refractivity contribution in [3.8, 4) is 5.75 Å². The monoisotopic (exact) mass is 328 g/mol. The molecule has 3 nitrogen and oxygen atoms in total. The fourth-order valence-corrected chi connectivity index (χ4v) is 3.09. The Balaban J connectivity index is 1.66. The van der Waals surface area contributed by atoms with Crippen LogP contribution in [0.15, 0.2) is 84.0 Å². The Hall–Kier alpha value is -3.07. The summed E-state index contributed by atoms with van der Waals surface area (Å²) >= 11 is 0. The lowest BCUT2D eigenvalue weighted by atomic mass is 9.96. The molecule has 0 unspecified atom stereocenters. The number of hydrogen-bond donors (Lipinski definition) is 1. The van der Waals surface area contributed by atoms with Crippen LogP contribution in [0.5, 0.6) is 5.75 Å². The molecule has 0 aromatic heterocycles. The fourth-order valence-electron chi connectivity index (χ4n) is 3.09. The molecule has 1 N–H and O–H groups in total. The molecule has 4 rings (SSSR count). The standard InChI is InChI=1S/C22H20N2O/c1-16-8-7-11-18(14-16)23-24-20-15-22(17-9-3-2-4-10-17)25-21-13-6-5-12-19(20)21/h2-14,22-23H,15H2,1H3/t22-/m0/s1. The van der Waals surface area contributed by atoms with Crippen LogP contribution in [0.4, 0.5) is 5.69 Å². The molecule has 124 valence electrons. The highest BCUT2D eigenvalue weighted by molar-refractivity contribution is 6.04. The second-order valence-electron chi connectivity index (χ2n) is 6.26. The molecule has 0 bridgehead atoms. The molecule has 0 saturated carbocycles. The van der Waals surface area contributed by atoms with E-state index < -0.39 is 0 Å². The van der Waals surface area contributed by atoms with Gasteiger partial charge >= 0.3 is 0 Å². The van der Waals surface area contributed by atoms with Gasteiger partial charge < -0.3 is 4.74 Å². The second-order valence-corrected chi connectivity index (χ2v) is 6.26. The Labute approximate surface area is 148 Å². The maximum Gasteiger partial charge on any atom is 0.129 e. The van der Waals surface area contributed by atoms with E-state index in [4.69, 9.17) is 9.84 Å². The van der Waals surface area contributed by atoms with E-state index in [9.17, 15) is 0 Å². The molecule has 0 fully saturated rings. The molecule has 1 heterocycles. The lowest BCUT2D eigenvalue weighted by Crippen LogP contribution is -2.21. The molecule has 0 radical (unpaired) electrons. The van der Waals surface area contributed by atoms with Crippen molar-refractivity contribution in [1.82, 2.24) is 0 Å². The minimum atomic E-state index is -0.0193. The Bertz CT molecular complexity index is 903. The number of fused-ring (bicyclic) bond motifs is 1. The molecular formula is C22H20N2O. The number of hydrogen-bond acceptors (Lipinski definition) is 3. The van der Waals surface area contributed by atoms with Gasteiger partial charge in [0.05, 0.1) is 11.4 Å². The van der Waals surface area contributed by atoms with Gasteiger partial charge in [-0.2, -0.15) is 5.10 Å². The number of rotatable bonds is 3. The Morgan fingerprint density at radius 3 is 2.56 bits per heavy atom. The topological polar surface area (TPSA) is 33.6 Å². The third kappa shape index (κ3) is 3.41. The number of nitrogens with zero attached hydrogens (tertiary/aromatic N) is 1. The predicted octanol–water partition coefficient (Wildman–Crippen LogP) is 5.34. The summed E-state index contributed by atoms with van der Waals surface area (Å²) in [5.41, 5.74) is 8.63. The summed E-state index contributed by atoms with van der Waals surface area (Å²) in [5, 5.41) is 4.70. The van der Waals surface area contributed by atoms with E-state index in [1.807, 2.05) is 48.5 Å². The molecule has 1 aliphatic heterocycles. The highest BCUT2D eigenvalue weighted by Gasteiger charge is 2.25. The van der Waals surface area contributed by atoms with Crippen molar-refractivity contribution in [2.45, 2.75) is 19.4 Å². The number of anilines is 1. The Kier molecular flexibility index (Phi) is 4.21. The lowest BCUT2D eigenvalue weighted by Gasteiger charge is -2.27. The van der Waals surface area contributed by atoms with Crippen LogP contribution < -0.4 is 10.2 Å². The van der Waals surface area contributed by atoms with Crippen LogP contribution in [0, 0.1) is 6.92 Å². The van der Waals surface area contributed by atoms with E-state index in [2.05, 4.69) is 42.7 Å². The predicted molar refractivity (Wildman–Crippen MR) is 102 cm³/mol. The van der Waals surface area contributed by atoms with Gasteiger partial charge in [-0.1, -0.05) is 54.6 Å². The number of nitrogens with one attached hydrogen (secondary N) is 1. The molecule has 3 aromatic rings. The highest BCUT2D eigenvalue weighted by Crippen LogP contribution is 2.35.